The highest BCUT2D eigenvalue weighted by Crippen LogP contribution is 2.11. The Morgan fingerprint density at radius 1 is 1.35 bits per heavy atom. The van der Waals surface area contributed by atoms with E-state index in [0.717, 1.165) is 51.0 Å². The molecule has 2 aliphatic rings. The molecule has 0 bridgehead atoms. The minimum Gasteiger partial charge on any atom is -0.335 e. The third kappa shape index (κ3) is 2.18. The zero-order valence-electron chi connectivity index (χ0n) is 9.50. The van der Waals surface area contributed by atoms with E-state index < -0.39 is 0 Å². The van der Waals surface area contributed by atoms with Gasteiger partial charge in [-0.25, -0.2) is 0 Å². The Morgan fingerprint density at radius 2 is 2.12 bits per heavy atom. The summed E-state index contributed by atoms with van der Waals surface area (Å²) in [6, 6.07) is 0.674. The van der Waals surface area contributed by atoms with Crippen LogP contribution < -0.4 is 5.32 Å². The van der Waals surface area contributed by atoms with Gasteiger partial charge in [-0.05, 0) is 0 Å². The Labute approximate surface area is 104 Å². The van der Waals surface area contributed by atoms with Gasteiger partial charge in [0, 0.05) is 45.3 Å². The molecule has 1 aromatic rings. The van der Waals surface area contributed by atoms with Crippen molar-refractivity contribution in [2.45, 2.75) is 6.04 Å². The molecule has 0 spiro atoms. The second-order valence-corrected chi connectivity index (χ2v) is 4.99. The van der Waals surface area contributed by atoms with Crippen LogP contribution in [0, 0.1) is 0 Å². The van der Waals surface area contributed by atoms with Gasteiger partial charge in [0.25, 0.3) is 5.91 Å². The van der Waals surface area contributed by atoms with Crippen molar-refractivity contribution in [3.63, 3.8) is 0 Å². The van der Waals surface area contributed by atoms with Crippen molar-refractivity contribution in [1.82, 2.24) is 23.9 Å². The van der Waals surface area contributed by atoms with Crippen molar-refractivity contribution >= 4 is 17.6 Å². The zero-order chi connectivity index (χ0) is 11.7. The third-order valence-electron chi connectivity index (χ3n) is 3.46. The molecule has 0 aromatic carbocycles. The van der Waals surface area contributed by atoms with Crippen molar-refractivity contribution in [2.75, 3.05) is 39.3 Å². The molecule has 0 radical (unpaired) electrons. The number of hydrogen-bond acceptors (Lipinski definition) is 6. The first-order valence-corrected chi connectivity index (χ1v) is 6.59. The van der Waals surface area contributed by atoms with Crippen molar-refractivity contribution in [1.29, 1.82) is 0 Å². The van der Waals surface area contributed by atoms with Gasteiger partial charge in [0.05, 0.1) is 17.9 Å². The lowest BCUT2D eigenvalue weighted by Crippen LogP contribution is -2.62. The predicted octanol–water partition coefficient (Wildman–Crippen LogP) is -0.732. The first kappa shape index (κ1) is 11.1. The highest BCUT2D eigenvalue weighted by molar-refractivity contribution is 6.99. The lowest BCUT2D eigenvalue weighted by Gasteiger charge is -2.43. The van der Waals surface area contributed by atoms with E-state index in [1.54, 1.807) is 6.20 Å². The van der Waals surface area contributed by atoms with E-state index in [9.17, 15) is 4.79 Å². The standard InChI is InChI=1S/C10H15N5OS/c16-10(9-7-12-17-13-9)15-3-1-14(2-4-15)8-5-11-6-8/h7-8,11H,1-6H2. The second-order valence-electron chi connectivity index (χ2n) is 4.43. The summed E-state index contributed by atoms with van der Waals surface area (Å²) in [7, 11) is 0. The summed E-state index contributed by atoms with van der Waals surface area (Å²) in [5, 5.41) is 3.28. The lowest BCUT2D eigenvalue weighted by molar-refractivity contribution is 0.0498. The number of piperazine rings is 1. The number of nitrogens with one attached hydrogen (secondary N) is 1. The van der Waals surface area contributed by atoms with E-state index >= 15 is 0 Å². The molecule has 17 heavy (non-hydrogen) atoms. The SMILES string of the molecule is O=C(c1cnsn1)N1CCN(C2CNC2)CC1. The zero-order valence-corrected chi connectivity index (χ0v) is 10.3. The number of carbonyl (C=O) groups is 1. The van der Waals surface area contributed by atoms with Gasteiger partial charge in [0.2, 0.25) is 0 Å². The summed E-state index contributed by atoms with van der Waals surface area (Å²) in [5.74, 6) is 0.0186. The smallest absolute Gasteiger partial charge is 0.275 e. The molecule has 0 saturated carbocycles. The number of rotatable bonds is 2. The van der Waals surface area contributed by atoms with Gasteiger partial charge in [0.1, 0.15) is 0 Å². The molecule has 6 nitrogen and oxygen atoms in total. The van der Waals surface area contributed by atoms with Gasteiger partial charge in [0.15, 0.2) is 5.69 Å². The maximum absolute atomic E-state index is 12.0. The summed E-state index contributed by atoms with van der Waals surface area (Å²) in [4.78, 5) is 16.4. The minimum atomic E-state index is 0.0186. The molecule has 1 N–H and O–H groups in total. The Balaban J connectivity index is 1.55. The van der Waals surface area contributed by atoms with Crippen molar-refractivity contribution in [2.24, 2.45) is 0 Å². The first-order chi connectivity index (χ1) is 8.34. The normalized spacial score (nSPS) is 22.5. The van der Waals surface area contributed by atoms with Crippen molar-refractivity contribution < 1.29 is 4.79 Å². The monoisotopic (exact) mass is 253 g/mol. The van der Waals surface area contributed by atoms with Gasteiger partial charge in [-0.15, -0.1) is 0 Å². The molecule has 2 saturated heterocycles. The topological polar surface area (TPSA) is 61.4 Å². The summed E-state index contributed by atoms with van der Waals surface area (Å²) < 4.78 is 7.86. The van der Waals surface area contributed by atoms with E-state index in [1.807, 2.05) is 4.90 Å². The number of carbonyl (C=O) groups excluding carboxylic acids is 1. The summed E-state index contributed by atoms with van der Waals surface area (Å²) in [6.07, 6.45) is 1.55. The number of nitrogens with zero attached hydrogens (tertiary/aromatic N) is 4. The van der Waals surface area contributed by atoms with Crippen LogP contribution in [-0.4, -0.2) is 69.8 Å². The Kier molecular flexibility index (Phi) is 3.04. The third-order valence-corrected chi connectivity index (χ3v) is 3.94. The average Bonchev–Trinajstić information content (AvgIpc) is 2.80. The highest BCUT2D eigenvalue weighted by Gasteiger charge is 2.29. The van der Waals surface area contributed by atoms with Crippen LogP contribution in [0.4, 0.5) is 0 Å². The van der Waals surface area contributed by atoms with Crippen LogP contribution in [0.25, 0.3) is 0 Å². The summed E-state index contributed by atoms with van der Waals surface area (Å²) in [6.45, 7) is 5.71. The number of aromatic nitrogens is 2. The highest BCUT2D eigenvalue weighted by atomic mass is 32.1. The lowest BCUT2D eigenvalue weighted by atomic mass is 10.1. The molecule has 0 atom stereocenters. The van der Waals surface area contributed by atoms with Crippen LogP contribution >= 0.6 is 11.7 Å². The van der Waals surface area contributed by atoms with E-state index in [4.69, 9.17) is 0 Å². The van der Waals surface area contributed by atoms with E-state index in [0.29, 0.717) is 11.7 Å². The van der Waals surface area contributed by atoms with Crippen LogP contribution in [0.2, 0.25) is 0 Å². The van der Waals surface area contributed by atoms with Gasteiger partial charge in [-0.2, -0.15) is 8.75 Å². The van der Waals surface area contributed by atoms with Crippen LogP contribution in [0.5, 0.6) is 0 Å². The quantitative estimate of drug-likeness (QED) is 0.753. The predicted molar refractivity (Wildman–Crippen MR) is 64.0 cm³/mol. The molecule has 1 aromatic heterocycles. The molecule has 3 heterocycles. The van der Waals surface area contributed by atoms with E-state index in [-0.39, 0.29) is 5.91 Å². The number of hydrogen-bond donors (Lipinski definition) is 1. The van der Waals surface area contributed by atoms with E-state index in [1.165, 1.54) is 0 Å². The van der Waals surface area contributed by atoms with Gasteiger partial charge in [-0.3, -0.25) is 9.69 Å². The fourth-order valence-electron chi connectivity index (χ4n) is 2.24. The Morgan fingerprint density at radius 3 is 2.65 bits per heavy atom. The van der Waals surface area contributed by atoms with Gasteiger partial charge in [-0.1, -0.05) is 0 Å². The van der Waals surface area contributed by atoms with Crippen LogP contribution in [0.1, 0.15) is 10.5 Å². The molecule has 92 valence electrons. The molecule has 7 heteroatoms. The molecule has 0 aliphatic carbocycles. The maximum Gasteiger partial charge on any atom is 0.275 e. The number of amides is 1. The Hall–Kier alpha value is -1.05. The van der Waals surface area contributed by atoms with Gasteiger partial charge >= 0.3 is 0 Å². The molecule has 3 rings (SSSR count). The van der Waals surface area contributed by atoms with Gasteiger partial charge < -0.3 is 10.2 Å². The Bertz CT molecular complexity index is 383. The first-order valence-electron chi connectivity index (χ1n) is 5.86. The van der Waals surface area contributed by atoms with Crippen LogP contribution in [0.15, 0.2) is 6.20 Å². The molecular formula is C10H15N5OS. The fourth-order valence-corrected chi connectivity index (χ4v) is 2.65. The largest absolute Gasteiger partial charge is 0.335 e. The van der Waals surface area contributed by atoms with Crippen LogP contribution in [0.3, 0.4) is 0 Å². The van der Waals surface area contributed by atoms with Crippen molar-refractivity contribution in [3.05, 3.63) is 11.9 Å². The summed E-state index contributed by atoms with van der Waals surface area (Å²) >= 11 is 1.08. The van der Waals surface area contributed by atoms with Crippen molar-refractivity contribution in [3.8, 4) is 0 Å². The molecule has 1 amide bonds. The summed E-state index contributed by atoms with van der Waals surface area (Å²) in [5.41, 5.74) is 0.480. The average molecular weight is 253 g/mol. The molecule has 0 unspecified atom stereocenters. The maximum atomic E-state index is 12.0. The van der Waals surface area contributed by atoms with E-state index in [2.05, 4.69) is 19.0 Å². The molecule has 2 fully saturated rings. The fraction of sp³-hybridized carbons (Fsp3) is 0.700. The molecular weight excluding hydrogens is 238 g/mol. The minimum absolute atomic E-state index is 0.0186. The second kappa shape index (κ2) is 4.67. The molecule has 2 aliphatic heterocycles. The van der Waals surface area contributed by atoms with Crippen LogP contribution in [-0.2, 0) is 0 Å².